The molecular formula is C10H12BrCl2NO2S. The summed E-state index contributed by atoms with van der Waals surface area (Å²) >= 11 is 14.8. The molecule has 0 aliphatic carbocycles. The van der Waals surface area contributed by atoms with E-state index in [-0.39, 0.29) is 10.7 Å². The Labute approximate surface area is 120 Å². The summed E-state index contributed by atoms with van der Waals surface area (Å²) in [4.78, 5) is 0. The largest absolute Gasteiger partial charge is 0.224 e. The summed E-state index contributed by atoms with van der Waals surface area (Å²) < 4.78 is 24.6. The van der Waals surface area contributed by atoms with Gasteiger partial charge >= 0.3 is 0 Å². The molecule has 0 fully saturated rings. The fourth-order valence-electron chi connectivity index (χ4n) is 1.35. The van der Waals surface area contributed by atoms with Crippen LogP contribution in [0.3, 0.4) is 0 Å². The highest BCUT2D eigenvalue weighted by Crippen LogP contribution is 2.30. The van der Waals surface area contributed by atoms with Crippen LogP contribution < -0.4 is 0 Å². The summed E-state index contributed by atoms with van der Waals surface area (Å²) in [5.41, 5.74) is 0.725. The highest BCUT2D eigenvalue weighted by molar-refractivity contribution is 9.10. The molecule has 0 N–H and O–H groups in total. The average Bonchev–Trinajstić information content (AvgIpc) is 2.27. The first-order valence-electron chi connectivity index (χ1n) is 4.76. The average molecular weight is 361 g/mol. The van der Waals surface area contributed by atoms with Crippen LogP contribution in [0.25, 0.3) is 0 Å². The van der Waals surface area contributed by atoms with Gasteiger partial charge in [0.2, 0.25) is 10.0 Å². The van der Waals surface area contributed by atoms with Crippen molar-refractivity contribution in [1.82, 2.24) is 4.31 Å². The number of rotatable bonds is 4. The lowest BCUT2D eigenvalue weighted by Crippen LogP contribution is -2.30. The number of sulfonamides is 1. The second-order valence-corrected chi connectivity index (χ2v) is 7.75. The van der Waals surface area contributed by atoms with Gasteiger partial charge in [0.25, 0.3) is 0 Å². The molecule has 1 aromatic rings. The molecule has 0 spiro atoms. The van der Waals surface area contributed by atoms with Crippen molar-refractivity contribution < 1.29 is 8.42 Å². The third-order valence-corrected chi connectivity index (χ3v) is 6.30. The Morgan fingerprint density at radius 3 is 2.47 bits per heavy atom. The van der Waals surface area contributed by atoms with Gasteiger partial charge in [-0.25, -0.2) is 8.42 Å². The standard InChI is InChI=1S/C10H12BrCl2NO2S/c1-7(14(2)17(15,16)6-11)9-4-3-8(12)5-10(9)13/h3-5,7H,6H2,1-2H3. The molecule has 0 aromatic heterocycles. The summed E-state index contributed by atoms with van der Waals surface area (Å²) in [6.07, 6.45) is 0. The maximum atomic E-state index is 11.7. The predicted octanol–water partition coefficient (Wildman–Crippen LogP) is 3.67. The fraction of sp³-hybridized carbons (Fsp3) is 0.400. The highest BCUT2D eigenvalue weighted by Gasteiger charge is 2.24. The van der Waals surface area contributed by atoms with E-state index in [1.54, 1.807) is 25.1 Å². The van der Waals surface area contributed by atoms with Crippen molar-refractivity contribution in [2.45, 2.75) is 13.0 Å². The van der Waals surface area contributed by atoms with Crippen LogP contribution in [0.2, 0.25) is 10.0 Å². The molecule has 0 aliphatic rings. The van der Waals surface area contributed by atoms with Crippen LogP contribution in [0.5, 0.6) is 0 Å². The molecule has 17 heavy (non-hydrogen) atoms. The minimum Gasteiger partial charge on any atom is -0.211 e. The van der Waals surface area contributed by atoms with E-state index in [0.29, 0.717) is 10.0 Å². The number of hydrogen-bond donors (Lipinski definition) is 0. The number of hydrogen-bond acceptors (Lipinski definition) is 2. The Kier molecular flexibility index (Phi) is 5.28. The third kappa shape index (κ3) is 3.58. The second kappa shape index (κ2) is 5.89. The molecule has 0 amide bonds. The minimum atomic E-state index is -3.31. The molecule has 0 aliphatic heterocycles. The van der Waals surface area contributed by atoms with Crippen molar-refractivity contribution in [3.05, 3.63) is 33.8 Å². The Morgan fingerprint density at radius 2 is 2.00 bits per heavy atom. The predicted molar refractivity (Wildman–Crippen MR) is 75.4 cm³/mol. The first-order chi connectivity index (χ1) is 7.79. The number of benzene rings is 1. The Hall–Kier alpha value is 0.190. The van der Waals surface area contributed by atoms with Crippen LogP contribution in [-0.2, 0) is 10.0 Å². The molecule has 1 aromatic carbocycles. The van der Waals surface area contributed by atoms with Crippen molar-refractivity contribution in [2.75, 3.05) is 11.7 Å². The van der Waals surface area contributed by atoms with Crippen LogP contribution in [0.4, 0.5) is 0 Å². The molecule has 7 heteroatoms. The van der Waals surface area contributed by atoms with Crippen molar-refractivity contribution in [1.29, 1.82) is 0 Å². The summed E-state index contributed by atoms with van der Waals surface area (Å²) in [7, 11) is -1.79. The number of alkyl halides is 1. The van der Waals surface area contributed by atoms with E-state index < -0.39 is 10.0 Å². The van der Waals surface area contributed by atoms with Crippen molar-refractivity contribution in [3.8, 4) is 0 Å². The molecule has 0 heterocycles. The molecular weight excluding hydrogens is 349 g/mol. The van der Waals surface area contributed by atoms with Gasteiger partial charge in [0, 0.05) is 23.1 Å². The molecule has 0 saturated carbocycles. The van der Waals surface area contributed by atoms with Crippen LogP contribution in [0.1, 0.15) is 18.5 Å². The second-order valence-electron chi connectivity index (χ2n) is 3.58. The van der Waals surface area contributed by atoms with Gasteiger partial charge in [0.05, 0.1) is 0 Å². The van der Waals surface area contributed by atoms with E-state index in [1.165, 1.54) is 11.4 Å². The maximum absolute atomic E-state index is 11.7. The summed E-state index contributed by atoms with van der Waals surface area (Å²) in [5, 5.41) is 0.985. The van der Waals surface area contributed by atoms with E-state index >= 15 is 0 Å². The van der Waals surface area contributed by atoms with Gasteiger partial charge in [-0.1, -0.05) is 45.2 Å². The molecule has 0 bridgehead atoms. The van der Waals surface area contributed by atoms with Gasteiger partial charge in [-0.2, -0.15) is 4.31 Å². The number of nitrogens with zero attached hydrogens (tertiary/aromatic N) is 1. The first kappa shape index (κ1) is 15.2. The lowest BCUT2D eigenvalue weighted by atomic mass is 10.1. The molecule has 3 nitrogen and oxygen atoms in total. The van der Waals surface area contributed by atoms with Crippen LogP contribution in [-0.4, -0.2) is 24.4 Å². The SMILES string of the molecule is CC(c1ccc(Cl)cc1Cl)N(C)S(=O)(=O)CBr. The van der Waals surface area contributed by atoms with Gasteiger partial charge in [-0.15, -0.1) is 0 Å². The molecule has 0 saturated heterocycles. The number of halogens is 3. The van der Waals surface area contributed by atoms with Crippen molar-refractivity contribution in [3.63, 3.8) is 0 Å². The Balaban J connectivity index is 3.09. The monoisotopic (exact) mass is 359 g/mol. The summed E-state index contributed by atoms with van der Waals surface area (Å²) in [6, 6.07) is 4.68. The molecule has 0 radical (unpaired) electrons. The smallest absolute Gasteiger partial charge is 0.211 e. The maximum Gasteiger partial charge on any atom is 0.224 e. The minimum absolute atomic E-state index is 0.119. The van der Waals surface area contributed by atoms with Gasteiger partial charge in [-0.05, 0) is 24.6 Å². The molecule has 96 valence electrons. The van der Waals surface area contributed by atoms with Gasteiger partial charge < -0.3 is 0 Å². The zero-order valence-electron chi connectivity index (χ0n) is 9.32. The van der Waals surface area contributed by atoms with Gasteiger partial charge in [-0.3, -0.25) is 0 Å². The van der Waals surface area contributed by atoms with Crippen LogP contribution in [0, 0.1) is 0 Å². The normalized spacial score (nSPS) is 14.0. The third-order valence-electron chi connectivity index (χ3n) is 2.53. The van der Waals surface area contributed by atoms with Crippen LogP contribution >= 0.6 is 39.1 Å². The van der Waals surface area contributed by atoms with E-state index in [0.717, 1.165) is 5.56 Å². The van der Waals surface area contributed by atoms with Crippen molar-refractivity contribution in [2.24, 2.45) is 0 Å². The fourth-order valence-corrected chi connectivity index (χ4v) is 3.64. The van der Waals surface area contributed by atoms with E-state index in [1.807, 2.05) is 0 Å². The van der Waals surface area contributed by atoms with E-state index in [4.69, 9.17) is 23.2 Å². The van der Waals surface area contributed by atoms with E-state index in [2.05, 4.69) is 15.9 Å². The van der Waals surface area contributed by atoms with Crippen molar-refractivity contribution >= 4 is 49.2 Å². The zero-order chi connectivity index (χ0) is 13.2. The molecule has 1 atom stereocenters. The molecule has 1 rings (SSSR count). The lowest BCUT2D eigenvalue weighted by molar-refractivity contribution is 0.401. The lowest BCUT2D eigenvalue weighted by Gasteiger charge is -2.24. The van der Waals surface area contributed by atoms with Gasteiger partial charge in [0.1, 0.15) is 4.66 Å². The Bertz CT molecular complexity index is 507. The Morgan fingerprint density at radius 1 is 1.41 bits per heavy atom. The first-order valence-corrected chi connectivity index (χ1v) is 8.25. The van der Waals surface area contributed by atoms with Crippen LogP contribution in [0.15, 0.2) is 18.2 Å². The summed E-state index contributed by atoms with van der Waals surface area (Å²) in [5.74, 6) is 0. The summed E-state index contributed by atoms with van der Waals surface area (Å²) in [6.45, 7) is 1.77. The van der Waals surface area contributed by atoms with E-state index in [9.17, 15) is 8.42 Å². The molecule has 1 unspecified atom stereocenters. The zero-order valence-corrected chi connectivity index (χ0v) is 13.2. The highest BCUT2D eigenvalue weighted by atomic mass is 79.9. The van der Waals surface area contributed by atoms with Gasteiger partial charge in [0.15, 0.2) is 0 Å². The quantitative estimate of drug-likeness (QED) is 0.768. The topological polar surface area (TPSA) is 37.4 Å².